The van der Waals surface area contributed by atoms with Gasteiger partial charge in [-0.1, -0.05) is 5.21 Å². The smallest absolute Gasteiger partial charge is 0.358 e. The summed E-state index contributed by atoms with van der Waals surface area (Å²) >= 11 is 4.96. The first-order chi connectivity index (χ1) is 7.58. The van der Waals surface area contributed by atoms with Gasteiger partial charge in [-0.05, 0) is 35.0 Å². The zero-order chi connectivity index (χ0) is 11.7. The van der Waals surface area contributed by atoms with E-state index in [1.54, 1.807) is 22.9 Å². The summed E-state index contributed by atoms with van der Waals surface area (Å²) in [6.45, 7) is 2.24. The second-order valence-electron chi connectivity index (χ2n) is 3.19. The fourth-order valence-electron chi connectivity index (χ4n) is 1.29. The summed E-state index contributed by atoms with van der Waals surface area (Å²) in [7, 11) is 0. The lowest BCUT2D eigenvalue weighted by Crippen LogP contribution is -2.04. The highest BCUT2D eigenvalue weighted by Crippen LogP contribution is 2.23. The number of hydrogen-bond donors (Lipinski definition) is 1. The zero-order valence-electron chi connectivity index (χ0n) is 8.35. The van der Waals surface area contributed by atoms with Crippen LogP contribution in [0.15, 0.2) is 15.9 Å². The molecule has 0 atom stereocenters. The van der Waals surface area contributed by atoms with Crippen molar-refractivity contribution in [3.8, 4) is 0 Å². The molecular weight excluding hydrogens is 294 g/mol. The first-order valence-corrected chi connectivity index (χ1v) is 6.06. The SMILES string of the molecule is Cc1c(C(=O)O)nnn1Cc1ccc(Br)s1. The van der Waals surface area contributed by atoms with Crippen molar-refractivity contribution >= 4 is 33.2 Å². The maximum Gasteiger partial charge on any atom is 0.358 e. The molecule has 2 aromatic rings. The molecule has 0 aliphatic rings. The molecular formula is C9H8BrN3O2S. The fourth-order valence-corrected chi connectivity index (χ4v) is 2.76. The number of nitrogens with zero attached hydrogens (tertiary/aromatic N) is 3. The highest BCUT2D eigenvalue weighted by molar-refractivity contribution is 9.11. The summed E-state index contributed by atoms with van der Waals surface area (Å²) in [4.78, 5) is 11.9. The molecule has 0 radical (unpaired) electrons. The van der Waals surface area contributed by atoms with Crippen LogP contribution in [-0.4, -0.2) is 26.1 Å². The average Bonchev–Trinajstić information content (AvgIpc) is 2.76. The summed E-state index contributed by atoms with van der Waals surface area (Å²) in [5.41, 5.74) is 0.577. The quantitative estimate of drug-likeness (QED) is 0.943. The molecule has 2 rings (SSSR count). The summed E-state index contributed by atoms with van der Waals surface area (Å²) in [5.74, 6) is -1.05. The standard InChI is InChI=1S/C9H8BrN3O2S/c1-5-8(9(14)15)11-12-13(5)4-6-2-3-7(10)16-6/h2-3H,4H2,1H3,(H,14,15). The van der Waals surface area contributed by atoms with E-state index in [1.807, 2.05) is 12.1 Å². The van der Waals surface area contributed by atoms with E-state index in [0.717, 1.165) is 8.66 Å². The molecule has 2 heterocycles. The normalized spacial score (nSPS) is 10.6. The van der Waals surface area contributed by atoms with Crippen molar-refractivity contribution in [1.29, 1.82) is 0 Å². The number of halogens is 1. The van der Waals surface area contributed by atoms with Crippen LogP contribution in [0.2, 0.25) is 0 Å². The molecule has 0 bridgehead atoms. The summed E-state index contributed by atoms with van der Waals surface area (Å²) in [5, 5.41) is 16.3. The molecule has 0 aliphatic heterocycles. The molecule has 84 valence electrons. The van der Waals surface area contributed by atoms with Gasteiger partial charge in [0.15, 0.2) is 5.69 Å². The van der Waals surface area contributed by atoms with E-state index in [9.17, 15) is 4.79 Å². The highest BCUT2D eigenvalue weighted by Gasteiger charge is 2.15. The number of rotatable bonds is 3. The number of aromatic carboxylic acids is 1. The van der Waals surface area contributed by atoms with Gasteiger partial charge in [0.05, 0.1) is 16.0 Å². The Kier molecular flexibility index (Phi) is 3.06. The summed E-state index contributed by atoms with van der Waals surface area (Å²) in [6.07, 6.45) is 0. The van der Waals surface area contributed by atoms with Crippen LogP contribution in [0.25, 0.3) is 0 Å². The maximum absolute atomic E-state index is 10.8. The lowest BCUT2D eigenvalue weighted by atomic mass is 10.3. The predicted octanol–water partition coefficient (Wildman–Crippen LogP) is 2.16. The second kappa shape index (κ2) is 4.34. The van der Waals surface area contributed by atoms with Crippen molar-refractivity contribution in [2.24, 2.45) is 0 Å². The molecule has 7 heteroatoms. The Bertz CT molecular complexity index is 535. The van der Waals surface area contributed by atoms with Crippen molar-refractivity contribution in [2.75, 3.05) is 0 Å². The average molecular weight is 302 g/mol. The first-order valence-electron chi connectivity index (χ1n) is 4.45. The third-order valence-electron chi connectivity index (χ3n) is 2.12. The van der Waals surface area contributed by atoms with E-state index in [0.29, 0.717) is 12.2 Å². The Balaban J connectivity index is 2.25. The van der Waals surface area contributed by atoms with Gasteiger partial charge in [-0.3, -0.25) is 0 Å². The van der Waals surface area contributed by atoms with Crippen LogP contribution in [0.5, 0.6) is 0 Å². The van der Waals surface area contributed by atoms with Gasteiger partial charge < -0.3 is 5.11 Å². The topological polar surface area (TPSA) is 68.0 Å². The van der Waals surface area contributed by atoms with Crippen LogP contribution < -0.4 is 0 Å². The molecule has 2 aromatic heterocycles. The van der Waals surface area contributed by atoms with Crippen LogP contribution in [0.3, 0.4) is 0 Å². The van der Waals surface area contributed by atoms with Crippen molar-refractivity contribution in [2.45, 2.75) is 13.5 Å². The molecule has 0 unspecified atom stereocenters. The van der Waals surface area contributed by atoms with Gasteiger partial charge in [-0.25, -0.2) is 9.48 Å². The summed E-state index contributed by atoms with van der Waals surface area (Å²) < 4.78 is 2.63. The van der Waals surface area contributed by atoms with Crippen LogP contribution in [0, 0.1) is 6.92 Å². The van der Waals surface area contributed by atoms with Gasteiger partial charge in [0.1, 0.15) is 0 Å². The van der Waals surface area contributed by atoms with Crippen molar-refractivity contribution in [1.82, 2.24) is 15.0 Å². The number of aromatic nitrogens is 3. The Labute approximate surface area is 104 Å². The Morgan fingerprint density at radius 2 is 2.38 bits per heavy atom. The fraction of sp³-hybridized carbons (Fsp3) is 0.222. The van der Waals surface area contributed by atoms with E-state index >= 15 is 0 Å². The van der Waals surface area contributed by atoms with Crippen LogP contribution in [-0.2, 0) is 6.54 Å². The van der Waals surface area contributed by atoms with Crippen molar-refractivity contribution in [3.63, 3.8) is 0 Å². The number of hydrogen-bond acceptors (Lipinski definition) is 4. The van der Waals surface area contributed by atoms with Crippen LogP contribution in [0.4, 0.5) is 0 Å². The largest absolute Gasteiger partial charge is 0.476 e. The highest BCUT2D eigenvalue weighted by atomic mass is 79.9. The Hall–Kier alpha value is -1.21. The monoisotopic (exact) mass is 301 g/mol. The molecule has 0 aliphatic carbocycles. The molecule has 0 fully saturated rings. The van der Waals surface area contributed by atoms with Crippen LogP contribution >= 0.6 is 27.3 Å². The van der Waals surface area contributed by atoms with Gasteiger partial charge in [-0.2, -0.15) is 0 Å². The molecule has 1 N–H and O–H groups in total. The molecule has 0 spiro atoms. The predicted molar refractivity (Wildman–Crippen MR) is 62.8 cm³/mol. The van der Waals surface area contributed by atoms with E-state index in [1.165, 1.54) is 0 Å². The van der Waals surface area contributed by atoms with E-state index in [2.05, 4.69) is 26.2 Å². The Morgan fingerprint density at radius 3 is 2.88 bits per heavy atom. The number of carbonyl (C=O) groups is 1. The van der Waals surface area contributed by atoms with Crippen LogP contribution in [0.1, 0.15) is 21.1 Å². The minimum absolute atomic E-state index is 0.00984. The van der Waals surface area contributed by atoms with Gasteiger partial charge in [0, 0.05) is 4.88 Å². The maximum atomic E-state index is 10.8. The van der Waals surface area contributed by atoms with Crippen molar-refractivity contribution < 1.29 is 9.90 Å². The number of carboxylic acids is 1. The first kappa shape index (κ1) is 11.3. The van der Waals surface area contributed by atoms with Crippen molar-refractivity contribution in [3.05, 3.63) is 32.2 Å². The third kappa shape index (κ3) is 2.14. The Morgan fingerprint density at radius 1 is 1.62 bits per heavy atom. The lowest BCUT2D eigenvalue weighted by molar-refractivity contribution is 0.0689. The van der Waals surface area contributed by atoms with Gasteiger partial charge in [0.25, 0.3) is 0 Å². The van der Waals surface area contributed by atoms with Gasteiger partial charge in [0.2, 0.25) is 0 Å². The molecule has 0 amide bonds. The summed E-state index contributed by atoms with van der Waals surface area (Å²) in [6, 6.07) is 3.92. The molecule has 0 saturated heterocycles. The van der Waals surface area contributed by atoms with E-state index in [-0.39, 0.29) is 5.69 Å². The zero-order valence-corrected chi connectivity index (χ0v) is 10.7. The minimum atomic E-state index is -1.05. The molecule has 0 saturated carbocycles. The molecule has 16 heavy (non-hydrogen) atoms. The molecule has 0 aromatic carbocycles. The second-order valence-corrected chi connectivity index (χ2v) is 5.74. The third-order valence-corrected chi connectivity index (χ3v) is 3.73. The molecule has 5 nitrogen and oxygen atoms in total. The van der Waals surface area contributed by atoms with E-state index in [4.69, 9.17) is 5.11 Å². The minimum Gasteiger partial charge on any atom is -0.476 e. The van der Waals surface area contributed by atoms with E-state index < -0.39 is 5.97 Å². The number of thiophene rings is 1. The van der Waals surface area contributed by atoms with Gasteiger partial charge >= 0.3 is 5.97 Å². The number of carboxylic acid groups (broad SMARTS) is 1. The lowest BCUT2D eigenvalue weighted by Gasteiger charge is -1.99. The van der Waals surface area contributed by atoms with Gasteiger partial charge in [-0.15, -0.1) is 16.4 Å².